The molecule has 0 spiro atoms. The van der Waals surface area contributed by atoms with Gasteiger partial charge in [-0.05, 0) is 33.5 Å². The number of hydrogen-bond donors (Lipinski definition) is 1. The fraction of sp³-hybridized carbons (Fsp3) is 0.917. The Morgan fingerprint density at radius 3 is 2.27 bits per heavy atom. The number of carbonyl (C=O) groups is 1. The monoisotopic (exact) mass is 218 g/mol. The van der Waals surface area contributed by atoms with Gasteiger partial charge in [0.25, 0.3) is 0 Å². The summed E-state index contributed by atoms with van der Waals surface area (Å²) in [6, 6.07) is 0. The molecule has 0 aromatic rings. The van der Waals surface area contributed by atoms with Crippen molar-refractivity contribution in [1.82, 2.24) is 10.2 Å². The van der Waals surface area contributed by atoms with Crippen LogP contribution in [0.3, 0.4) is 0 Å². The molecule has 1 amide bonds. The minimum absolute atomic E-state index is 0. The van der Waals surface area contributed by atoms with Crippen molar-refractivity contribution in [2.75, 3.05) is 27.2 Å². The number of nitrogens with one attached hydrogen (secondary N) is 1. The molecular formula is C12H30N2O. The highest BCUT2D eigenvalue weighted by molar-refractivity contribution is 5.78. The Morgan fingerprint density at radius 2 is 1.87 bits per heavy atom. The van der Waals surface area contributed by atoms with Crippen LogP contribution in [0.5, 0.6) is 0 Å². The lowest BCUT2D eigenvalue weighted by Crippen LogP contribution is -2.31. The fourth-order valence-electron chi connectivity index (χ4n) is 0.966. The third-order valence-electron chi connectivity index (χ3n) is 2.14. The van der Waals surface area contributed by atoms with E-state index in [1.165, 1.54) is 0 Å². The Bertz CT molecular complexity index is 147. The van der Waals surface area contributed by atoms with Crippen LogP contribution in [0.4, 0.5) is 0 Å². The predicted molar refractivity (Wildman–Crippen MR) is 69.1 cm³/mol. The van der Waals surface area contributed by atoms with Gasteiger partial charge in [-0.25, -0.2) is 0 Å². The average molecular weight is 218 g/mol. The molecule has 1 N–H and O–H groups in total. The Kier molecular flexibility index (Phi) is 15.3. The fourth-order valence-corrected chi connectivity index (χ4v) is 0.966. The summed E-state index contributed by atoms with van der Waals surface area (Å²) in [5, 5.41) is 2.92. The van der Waals surface area contributed by atoms with Crippen LogP contribution in [0, 0.1) is 5.92 Å². The second-order valence-corrected chi connectivity index (χ2v) is 3.76. The maximum Gasteiger partial charge on any atom is 0.222 e. The highest BCUT2D eigenvalue weighted by Crippen LogP contribution is 1.99. The zero-order chi connectivity index (χ0) is 10.3. The molecule has 0 aromatic heterocycles. The summed E-state index contributed by atoms with van der Waals surface area (Å²) in [5.74, 6) is 0.334. The van der Waals surface area contributed by atoms with Gasteiger partial charge in [-0.1, -0.05) is 28.7 Å². The van der Waals surface area contributed by atoms with Gasteiger partial charge in [0.1, 0.15) is 0 Å². The van der Waals surface area contributed by atoms with E-state index < -0.39 is 0 Å². The van der Waals surface area contributed by atoms with Gasteiger partial charge in [0, 0.05) is 12.5 Å². The lowest BCUT2D eigenvalue weighted by molar-refractivity contribution is -0.124. The summed E-state index contributed by atoms with van der Waals surface area (Å²) < 4.78 is 0. The molecule has 1 atom stereocenters. The first-order valence-corrected chi connectivity index (χ1v) is 5.00. The third kappa shape index (κ3) is 11.4. The molecule has 0 heterocycles. The molecule has 94 valence electrons. The van der Waals surface area contributed by atoms with E-state index in [0.29, 0.717) is 0 Å². The van der Waals surface area contributed by atoms with E-state index in [1.807, 2.05) is 27.9 Å². The van der Waals surface area contributed by atoms with Gasteiger partial charge in [-0.3, -0.25) is 4.79 Å². The minimum atomic E-state index is 0. The molecule has 0 radical (unpaired) electrons. The van der Waals surface area contributed by atoms with Crippen molar-refractivity contribution in [2.45, 2.75) is 41.5 Å². The summed E-state index contributed by atoms with van der Waals surface area (Å²) >= 11 is 0. The van der Waals surface area contributed by atoms with E-state index in [-0.39, 0.29) is 26.7 Å². The molecule has 1 unspecified atom stereocenters. The zero-order valence-electron chi connectivity index (χ0n) is 9.26. The molecule has 0 aliphatic heterocycles. The highest BCUT2D eigenvalue weighted by atomic mass is 16.1. The summed E-state index contributed by atoms with van der Waals surface area (Å²) in [4.78, 5) is 13.4. The van der Waals surface area contributed by atoms with Crippen molar-refractivity contribution >= 4 is 5.91 Å². The van der Waals surface area contributed by atoms with Crippen molar-refractivity contribution in [1.29, 1.82) is 0 Å². The molecule has 0 saturated carbocycles. The van der Waals surface area contributed by atoms with Gasteiger partial charge in [-0.2, -0.15) is 0 Å². The molecule has 0 aliphatic rings. The average Bonchev–Trinajstić information content (AvgIpc) is 2.10. The van der Waals surface area contributed by atoms with Gasteiger partial charge in [0.05, 0.1) is 0 Å². The Labute approximate surface area is 96.2 Å². The van der Waals surface area contributed by atoms with E-state index >= 15 is 0 Å². The smallest absolute Gasteiger partial charge is 0.222 e. The second-order valence-electron chi connectivity index (χ2n) is 3.76. The standard InChI is InChI=1S/C10H22N2O.2CH4/c1-5-9(2)10(13)11-7-6-8-12(3)4;;/h9H,5-8H2,1-4H3,(H,11,13);2*1H4. The molecular weight excluding hydrogens is 188 g/mol. The first-order chi connectivity index (χ1) is 6.07. The van der Waals surface area contributed by atoms with E-state index in [9.17, 15) is 4.79 Å². The van der Waals surface area contributed by atoms with Crippen LogP contribution in [-0.2, 0) is 4.79 Å². The first-order valence-electron chi connectivity index (χ1n) is 5.00. The SMILES string of the molecule is C.C.CCC(C)C(=O)NCCCN(C)C. The number of nitrogens with zero attached hydrogens (tertiary/aromatic N) is 1. The third-order valence-corrected chi connectivity index (χ3v) is 2.14. The van der Waals surface area contributed by atoms with Crippen LogP contribution in [0.15, 0.2) is 0 Å². The number of hydrogen-bond acceptors (Lipinski definition) is 2. The number of carbonyl (C=O) groups excluding carboxylic acids is 1. The molecule has 3 nitrogen and oxygen atoms in total. The molecule has 3 heteroatoms. The van der Waals surface area contributed by atoms with Gasteiger partial charge in [0.2, 0.25) is 5.91 Å². The van der Waals surface area contributed by atoms with Gasteiger partial charge in [0.15, 0.2) is 0 Å². The van der Waals surface area contributed by atoms with Gasteiger partial charge < -0.3 is 10.2 Å². The van der Waals surface area contributed by atoms with E-state index in [4.69, 9.17) is 0 Å². The number of amides is 1. The van der Waals surface area contributed by atoms with E-state index in [0.717, 1.165) is 25.9 Å². The van der Waals surface area contributed by atoms with Crippen LogP contribution in [-0.4, -0.2) is 38.0 Å². The first kappa shape index (κ1) is 19.9. The molecule has 0 aliphatic carbocycles. The molecule has 0 fully saturated rings. The predicted octanol–water partition coefficient (Wildman–Crippen LogP) is 2.37. The van der Waals surface area contributed by atoms with Gasteiger partial charge >= 0.3 is 0 Å². The molecule has 0 bridgehead atoms. The largest absolute Gasteiger partial charge is 0.356 e. The quantitative estimate of drug-likeness (QED) is 0.694. The summed E-state index contributed by atoms with van der Waals surface area (Å²) in [6.45, 7) is 5.81. The van der Waals surface area contributed by atoms with Crippen LogP contribution in [0.25, 0.3) is 0 Å². The van der Waals surface area contributed by atoms with Crippen molar-refractivity contribution in [2.24, 2.45) is 5.92 Å². The van der Waals surface area contributed by atoms with Gasteiger partial charge in [-0.15, -0.1) is 0 Å². The van der Waals surface area contributed by atoms with Crippen LogP contribution in [0.1, 0.15) is 41.5 Å². The topological polar surface area (TPSA) is 32.3 Å². The molecule has 0 aromatic carbocycles. The summed E-state index contributed by atoms with van der Waals surface area (Å²) in [5.41, 5.74) is 0. The maximum atomic E-state index is 11.3. The summed E-state index contributed by atoms with van der Waals surface area (Å²) in [7, 11) is 4.08. The lowest BCUT2D eigenvalue weighted by atomic mass is 10.1. The second kappa shape index (κ2) is 11.5. The highest BCUT2D eigenvalue weighted by Gasteiger charge is 2.08. The Balaban J connectivity index is -0.000000720. The van der Waals surface area contributed by atoms with Crippen LogP contribution in [0.2, 0.25) is 0 Å². The van der Waals surface area contributed by atoms with Crippen LogP contribution < -0.4 is 5.32 Å². The van der Waals surface area contributed by atoms with E-state index in [2.05, 4.69) is 10.2 Å². The van der Waals surface area contributed by atoms with Crippen molar-refractivity contribution in [3.8, 4) is 0 Å². The summed E-state index contributed by atoms with van der Waals surface area (Å²) in [6.07, 6.45) is 1.94. The zero-order valence-corrected chi connectivity index (χ0v) is 9.26. The van der Waals surface area contributed by atoms with Crippen LogP contribution >= 0.6 is 0 Å². The van der Waals surface area contributed by atoms with E-state index in [1.54, 1.807) is 0 Å². The lowest BCUT2D eigenvalue weighted by Gasteiger charge is -2.12. The Hall–Kier alpha value is -0.570. The minimum Gasteiger partial charge on any atom is -0.356 e. The van der Waals surface area contributed by atoms with Crippen molar-refractivity contribution < 1.29 is 4.79 Å². The Morgan fingerprint density at radius 1 is 1.33 bits per heavy atom. The van der Waals surface area contributed by atoms with Crippen molar-refractivity contribution in [3.05, 3.63) is 0 Å². The van der Waals surface area contributed by atoms with Crippen molar-refractivity contribution in [3.63, 3.8) is 0 Å². The maximum absolute atomic E-state index is 11.3. The molecule has 0 saturated heterocycles. The molecule has 15 heavy (non-hydrogen) atoms. The normalized spacial score (nSPS) is 11.3. The molecule has 0 rings (SSSR count). The number of rotatable bonds is 6.